The van der Waals surface area contributed by atoms with E-state index in [0.29, 0.717) is 11.9 Å². The minimum absolute atomic E-state index is 0.238. The topological polar surface area (TPSA) is 70.2 Å². The number of anilines is 1. The van der Waals surface area contributed by atoms with E-state index < -0.39 is 0 Å². The summed E-state index contributed by atoms with van der Waals surface area (Å²) in [6.45, 7) is 4.70. The van der Waals surface area contributed by atoms with Crippen LogP contribution in [0.4, 0.5) is 5.82 Å². The predicted molar refractivity (Wildman–Crippen MR) is 61.1 cm³/mol. The Kier molecular flexibility index (Phi) is 3.09. The van der Waals surface area contributed by atoms with Gasteiger partial charge in [-0.25, -0.2) is 4.98 Å². The van der Waals surface area contributed by atoms with Crippen molar-refractivity contribution in [3.05, 3.63) is 16.7 Å². The molecular formula is C10H16N4O2. The van der Waals surface area contributed by atoms with Gasteiger partial charge in [-0.2, -0.15) is 0 Å². The molecule has 0 radical (unpaired) electrons. The fraction of sp³-hybridized carbons (Fsp3) is 0.600. The maximum Gasteiger partial charge on any atom is 0.295 e. The Morgan fingerprint density at radius 2 is 2.44 bits per heavy atom. The smallest absolute Gasteiger partial charge is 0.295 e. The molecule has 0 aliphatic carbocycles. The van der Waals surface area contributed by atoms with Gasteiger partial charge in [-0.05, 0) is 6.92 Å². The lowest BCUT2D eigenvalue weighted by Gasteiger charge is -2.35. The fourth-order valence-electron chi connectivity index (χ4n) is 1.92. The maximum absolute atomic E-state index is 11.6. The normalized spacial score (nSPS) is 20.9. The first-order valence-electron chi connectivity index (χ1n) is 5.33. The van der Waals surface area contributed by atoms with Gasteiger partial charge in [0.1, 0.15) is 0 Å². The van der Waals surface area contributed by atoms with Crippen LogP contribution in [0.2, 0.25) is 0 Å². The fourth-order valence-corrected chi connectivity index (χ4v) is 1.92. The van der Waals surface area contributed by atoms with Crippen molar-refractivity contribution >= 4 is 5.82 Å². The maximum atomic E-state index is 11.6. The third kappa shape index (κ3) is 1.88. The van der Waals surface area contributed by atoms with Crippen molar-refractivity contribution in [3.8, 4) is 5.75 Å². The van der Waals surface area contributed by atoms with E-state index in [1.165, 1.54) is 13.4 Å². The summed E-state index contributed by atoms with van der Waals surface area (Å²) >= 11 is 0. The number of methoxy groups -OCH3 is 1. The van der Waals surface area contributed by atoms with Crippen molar-refractivity contribution in [2.75, 3.05) is 31.6 Å². The quantitative estimate of drug-likeness (QED) is 0.714. The third-order valence-electron chi connectivity index (χ3n) is 2.77. The van der Waals surface area contributed by atoms with Gasteiger partial charge in [-0.15, -0.1) is 0 Å². The zero-order chi connectivity index (χ0) is 11.5. The Labute approximate surface area is 93.6 Å². The molecule has 1 atom stereocenters. The van der Waals surface area contributed by atoms with E-state index in [2.05, 4.69) is 27.1 Å². The summed E-state index contributed by atoms with van der Waals surface area (Å²) in [4.78, 5) is 20.4. The molecule has 1 fully saturated rings. The summed E-state index contributed by atoms with van der Waals surface area (Å²) in [5.74, 6) is 0.913. The van der Waals surface area contributed by atoms with Gasteiger partial charge >= 0.3 is 0 Å². The second-order valence-corrected chi connectivity index (χ2v) is 3.84. The lowest BCUT2D eigenvalue weighted by Crippen LogP contribution is -2.50. The molecule has 2 N–H and O–H groups in total. The second-order valence-electron chi connectivity index (χ2n) is 3.84. The number of rotatable bonds is 2. The average Bonchev–Trinajstić information content (AvgIpc) is 2.29. The lowest BCUT2D eigenvalue weighted by atomic mass is 10.2. The van der Waals surface area contributed by atoms with Crippen LogP contribution >= 0.6 is 0 Å². The Balaban J connectivity index is 2.38. The number of nitrogens with one attached hydrogen (secondary N) is 2. The molecule has 0 bridgehead atoms. The Hall–Kier alpha value is -1.56. The van der Waals surface area contributed by atoms with Gasteiger partial charge in [-0.3, -0.25) is 4.79 Å². The van der Waals surface area contributed by atoms with Crippen molar-refractivity contribution in [3.63, 3.8) is 0 Å². The number of hydrogen-bond acceptors (Lipinski definition) is 5. The van der Waals surface area contributed by atoms with Gasteiger partial charge in [0.05, 0.1) is 13.4 Å². The average molecular weight is 224 g/mol. The van der Waals surface area contributed by atoms with Gasteiger partial charge in [-0.1, -0.05) is 0 Å². The van der Waals surface area contributed by atoms with E-state index >= 15 is 0 Å². The summed E-state index contributed by atoms with van der Waals surface area (Å²) in [6.07, 6.45) is 1.41. The molecule has 1 aromatic heterocycles. The molecule has 2 rings (SSSR count). The predicted octanol–water partition coefficient (Wildman–Crippen LogP) is -0.423. The highest BCUT2D eigenvalue weighted by molar-refractivity contribution is 5.51. The largest absolute Gasteiger partial charge is 0.489 e. The van der Waals surface area contributed by atoms with Crippen molar-refractivity contribution in [1.82, 2.24) is 15.3 Å². The van der Waals surface area contributed by atoms with Crippen LogP contribution in [0.1, 0.15) is 6.92 Å². The summed E-state index contributed by atoms with van der Waals surface area (Å²) in [5, 5.41) is 3.29. The minimum atomic E-state index is -0.238. The van der Waals surface area contributed by atoms with E-state index in [1.807, 2.05) is 0 Å². The van der Waals surface area contributed by atoms with Gasteiger partial charge in [0.15, 0.2) is 5.82 Å². The summed E-state index contributed by atoms with van der Waals surface area (Å²) in [5.41, 5.74) is -0.238. The molecule has 6 nitrogen and oxygen atoms in total. The van der Waals surface area contributed by atoms with Gasteiger partial charge in [0.2, 0.25) is 5.75 Å². The van der Waals surface area contributed by atoms with Crippen LogP contribution in [0, 0.1) is 0 Å². The molecule has 1 saturated heterocycles. The molecule has 1 aliphatic heterocycles. The zero-order valence-electron chi connectivity index (χ0n) is 9.49. The molecule has 1 aromatic rings. The van der Waals surface area contributed by atoms with E-state index in [-0.39, 0.29) is 11.3 Å². The van der Waals surface area contributed by atoms with Crippen LogP contribution in [0.25, 0.3) is 0 Å². The summed E-state index contributed by atoms with van der Waals surface area (Å²) < 4.78 is 5.11. The van der Waals surface area contributed by atoms with Crippen LogP contribution in [-0.2, 0) is 0 Å². The number of nitrogens with zero attached hydrogens (tertiary/aromatic N) is 2. The molecule has 6 heteroatoms. The van der Waals surface area contributed by atoms with Crippen LogP contribution in [0.3, 0.4) is 0 Å². The molecule has 16 heavy (non-hydrogen) atoms. The first-order chi connectivity index (χ1) is 7.74. The number of hydrogen-bond donors (Lipinski definition) is 2. The van der Waals surface area contributed by atoms with Gasteiger partial charge in [0.25, 0.3) is 5.56 Å². The highest BCUT2D eigenvalue weighted by Gasteiger charge is 2.23. The van der Waals surface area contributed by atoms with Crippen molar-refractivity contribution < 1.29 is 4.74 Å². The van der Waals surface area contributed by atoms with E-state index in [0.717, 1.165) is 19.6 Å². The summed E-state index contributed by atoms with van der Waals surface area (Å²) in [7, 11) is 1.49. The van der Waals surface area contributed by atoms with Crippen LogP contribution in [-0.4, -0.2) is 42.8 Å². The molecule has 0 aromatic carbocycles. The first kappa shape index (κ1) is 10.9. The number of ether oxygens (including phenoxy) is 1. The van der Waals surface area contributed by atoms with Crippen LogP contribution in [0.5, 0.6) is 5.75 Å². The standard InChI is InChI=1S/C10H16N4O2/c1-7-5-11-3-4-14(7)9-8(16-2)10(15)13-6-12-9/h6-7,11H,3-5H2,1-2H3,(H,12,13,15). The van der Waals surface area contributed by atoms with Gasteiger partial charge in [0, 0.05) is 25.7 Å². The highest BCUT2D eigenvalue weighted by atomic mass is 16.5. The monoisotopic (exact) mass is 224 g/mol. The zero-order valence-corrected chi connectivity index (χ0v) is 9.49. The highest BCUT2D eigenvalue weighted by Crippen LogP contribution is 2.22. The third-order valence-corrected chi connectivity index (χ3v) is 2.77. The summed E-state index contributed by atoms with van der Waals surface area (Å²) in [6, 6.07) is 0.303. The molecule has 88 valence electrons. The number of aromatic amines is 1. The van der Waals surface area contributed by atoms with Gasteiger partial charge < -0.3 is 19.9 Å². The van der Waals surface area contributed by atoms with Crippen molar-refractivity contribution in [2.24, 2.45) is 0 Å². The molecule has 2 heterocycles. The van der Waals surface area contributed by atoms with E-state index in [9.17, 15) is 4.79 Å². The SMILES string of the molecule is COc1c(N2CCNCC2C)nc[nH]c1=O. The molecule has 1 unspecified atom stereocenters. The number of aromatic nitrogens is 2. The number of H-pyrrole nitrogens is 1. The Morgan fingerprint density at radius 3 is 3.12 bits per heavy atom. The molecular weight excluding hydrogens is 208 g/mol. The van der Waals surface area contributed by atoms with Crippen molar-refractivity contribution in [2.45, 2.75) is 13.0 Å². The minimum Gasteiger partial charge on any atom is -0.489 e. The first-order valence-corrected chi connectivity index (χ1v) is 5.33. The van der Waals surface area contributed by atoms with Crippen LogP contribution in [0.15, 0.2) is 11.1 Å². The second kappa shape index (κ2) is 4.52. The Morgan fingerprint density at radius 1 is 1.62 bits per heavy atom. The molecule has 0 spiro atoms. The number of piperazine rings is 1. The van der Waals surface area contributed by atoms with E-state index in [4.69, 9.17) is 4.74 Å². The molecule has 0 amide bonds. The van der Waals surface area contributed by atoms with Crippen molar-refractivity contribution in [1.29, 1.82) is 0 Å². The van der Waals surface area contributed by atoms with Crippen LogP contribution < -0.4 is 20.5 Å². The van der Waals surface area contributed by atoms with E-state index in [1.54, 1.807) is 0 Å². The molecule has 1 aliphatic rings. The Bertz CT molecular complexity index is 418. The lowest BCUT2D eigenvalue weighted by molar-refractivity contribution is 0.399. The molecule has 0 saturated carbocycles.